The molecule has 1 aliphatic carbocycles. The molecule has 0 atom stereocenters. The van der Waals surface area contributed by atoms with Crippen molar-refractivity contribution in [1.82, 2.24) is 19.7 Å². The molecule has 3 heterocycles. The summed E-state index contributed by atoms with van der Waals surface area (Å²) >= 11 is 0. The van der Waals surface area contributed by atoms with Gasteiger partial charge >= 0.3 is 0 Å². The first-order valence-electron chi connectivity index (χ1n) is 14.1. The van der Waals surface area contributed by atoms with Gasteiger partial charge in [0.05, 0.1) is 6.61 Å². The number of piperazine rings is 1. The molecule has 0 amide bonds. The van der Waals surface area contributed by atoms with E-state index in [1.165, 1.54) is 31.2 Å². The van der Waals surface area contributed by atoms with Gasteiger partial charge in [-0.25, -0.2) is 0 Å². The summed E-state index contributed by atoms with van der Waals surface area (Å²) in [6.45, 7) is 12.5. The van der Waals surface area contributed by atoms with E-state index in [0.717, 1.165) is 73.9 Å². The lowest BCUT2D eigenvalue weighted by atomic mass is 9.94. The molecular weight excluding hydrogens is 464 g/mol. The van der Waals surface area contributed by atoms with Crippen molar-refractivity contribution in [1.29, 1.82) is 0 Å². The standard InChI is InChI=1S/C30H44N4O3/c1-22-23(2)29(35)33(4)20-26(22)25-5-6-27(30(9-10-30)34-15-13-32(3)14-16-34)28(19-25)37-18-17-36-21-24-7-11-31-12-8-24/h5-6,19-20,24,31H,7-18,21H2,1-4H3. The Labute approximate surface area is 221 Å². The van der Waals surface area contributed by atoms with E-state index in [-0.39, 0.29) is 11.1 Å². The highest BCUT2D eigenvalue weighted by atomic mass is 16.5. The zero-order valence-electron chi connectivity index (χ0n) is 23.1. The van der Waals surface area contributed by atoms with Gasteiger partial charge in [-0.05, 0) is 82.8 Å². The van der Waals surface area contributed by atoms with Gasteiger partial charge in [-0.1, -0.05) is 12.1 Å². The average molecular weight is 509 g/mol. The monoisotopic (exact) mass is 508 g/mol. The smallest absolute Gasteiger partial charge is 0.253 e. The minimum absolute atomic E-state index is 0.0623. The number of nitrogens with one attached hydrogen (secondary N) is 1. The first kappa shape index (κ1) is 26.4. The Balaban J connectivity index is 1.38. The van der Waals surface area contributed by atoms with Gasteiger partial charge in [-0.3, -0.25) is 9.69 Å². The molecule has 3 fully saturated rings. The fraction of sp³-hybridized carbons (Fsp3) is 0.633. The Bertz CT molecular complexity index is 1140. The first-order valence-corrected chi connectivity index (χ1v) is 14.1. The second-order valence-corrected chi connectivity index (χ2v) is 11.4. The van der Waals surface area contributed by atoms with E-state index in [9.17, 15) is 4.79 Å². The summed E-state index contributed by atoms with van der Waals surface area (Å²) in [4.78, 5) is 17.5. The summed E-state index contributed by atoms with van der Waals surface area (Å²) in [5.41, 5.74) is 5.47. The highest BCUT2D eigenvalue weighted by molar-refractivity contribution is 5.70. The predicted octanol–water partition coefficient (Wildman–Crippen LogP) is 3.30. The third kappa shape index (κ3) is 5.65. The Morgan fingerprint density at radius 1 is 1.00 bits per heavy atom. The van der Waals surface area contributed by atoms with Crippen LogP contribution in [0.2, 0.25) is 0 Å². The van der Waals surface area contributed by atoms with Gasteiger partial charge in [-0.15, -0.1) is 0 Å². The summed E-state index contributed by atoms with van der Waals surface area (Å²) in [6, 6.07) is 6.70. The Morgan fingerprint density at radius 3 is 2.43 bits per heavy atom. The number of aromatic nitrogens is 1. The maximum absolute atomic E-state index is 12.5. The lowest BCUT2D eigenvalue weighted by Gasteiger charge is -2.39. The van der Waals surface area contributed by atoms with E-state index in [0.29, 0.717) is 19.1 Å². The lowest BCUT2D eigenvalue weighted by Crippen LogP contribution is -2.49. The topological polar surface area (TPSA) is 59.0 Å². The number of piperidine rings is 1. The summed E-state index contributed by atoms with van der Waals surface area (Å²) in [5, 5.41) is 3.42. The summed E-state index contributed by atoms with van der Waals surface area (Å²) in [7, 11) is 4.04. The highest BCUT2D eigenvalue weighted by Gasteiger charge is 2.51. The van der Waals surface area contributed by atoms with Crippen LogP contribution in [0.3, 0.4) is 0 Å². The van der Waals surface area contributed by atoms with Crippen molar-refractivity contribution in [3.63, 3.8) is 0 Å². The number of ether oxygens (including phenoxy) is 2. The number of aryl methyl sites for hydroxylation is 1. The maximum Gasteiger partial charge on any atom is 0.253 e. The van der Waals surface area contributed by atoms with E-state index in [1.807, 2.05) is 27.1 Å². The van der Waals surface area contributed by atoms with E-state index in [1.54, 1.807) is 4.57 Å². The van der Waals surface area contributed by atoms with Crippen LogP contribution in [-0.2, 0) is 17.3 Å². The minimum atomic E-state index is 0.0623. The SMILES string of the molecule is Cc1c(-c2ccc(C3(N4CCN(C)CC4)CC3)c(OCCOCC3CCNCC3)c2)cn(C)c(=O)c1C. The van der Waals surface area contributed by atoms with Crippen LogP contribution in [0.15, 0.2) is 29.2 Å². The third-order valence-electron chi connectivity index (χ3n) is 8.85. The summed E-state index contributed by atoms with van der Waals surface area (Å²) in [6.07, 6.45) is 6.70. The van der Waals surface area contributed by atoms with Crippen molar-refractivity contribution in [2.24, 2.45) is 13.0 Å². The Morgan fingerprint density at radius 2 is 1.73 bits per heavy atom. The fourth-order valence-corrected chi connectivity index (χ4v) is 6.08. The molecule has 7 nitrogen and oxygen atoms in total. The number of likely N-dealkylation sites (N-methyl/N-ethyl adjacent to an activating group) is 1. The molecule has 1 aromatic carbocycles. The zero-order valence-corrected chi connectivity index (χ0v) is 23.1. The van der Waals surface area contributed by atoms with Crippen LogP contribution in [0, 0.1) is 19.8 Å². The molecule has 2 aromatic rings. The van der Waals surface area contributed by atoms with Crippen LogP contribution in [-0.4, -0.2) is 80.5 Å². The van der Waals surface area contributed by atoms with E-state index >= 15 is 0 Å². The van der Waals surface area contributed by atoms with Gasteiger partial charge in [0.1, 0.15) is 12.4 Å². The molecule has 1 saturated carbocycles. The van der Waals surface area contributed by atoms with E-state index < -0.39 is 0 Å². The Kier molecular flexibility index (Phi) is 8.05. The fourth-order valence-electron chi connectivity index (χ4n) is 6.08. The minimum Gasteiger partial charge on any atom is -0.491 e. The van der Waals surface area contributed by atoms with Crippen molar-refractivity contribution in [2.45, 2.75) is 45.1 Å². The number of hydrogen-bond donors (Lipinski definition) is 1. The highest BCUT2D eigenvalue weighted by Crippen LogP contribution is 2.54. The van der Waals surface area contributed by atoms with E-state index in [4.69, 9.17) is 9.47 Å². The van der Waals surface area contributed by atoms with Gasteiger partial charge in [0.15, 0.2) is 0 Å². The molecule has 37 heavy (non-hydrogen) atoms. The average Bonchev–Trinajstić information content (AvgIpc) is 3.72. The van der Waals surface area contributed by atoms with Crippen LogP contribution in [0.5, 0.6) is 5.75 Å². The first-order chi connectivity index (χ1) is 17.9. The number of pyridine rings is 1. The van der Waals surface area contributed by atoms with Gasteiger partial charge in [0, 0.05) is 68.3 Å². The third-order valence-corrected chi connectivity index (χ3v) is 8.85. The summed E-state index contributed by atoms with van der Waals surface area (Å²) < 4.78 is 14.2. The predicted molar refractivity (Wildman–Crippen MR) is 148 cm³/mol. The number of rotatable bonds is 9. The Hall–Kier alpha value is -2.19. The molecule has 2 aliphatic heterocycles. The van der Waals surface area contributed by atoms with Crippen LogP contribution in [0.4, 0.5) is 0 Å². The maximum atomic E-state index is 12.5. The van der Waals surface area contributed by atoms with Gasteiger partial charge in [0.2, 0.25) is 0 Å². The molecular formula is C30H44N4O3. The molecule has 0 bridgehead atoms. The molecule has 0 spiro atoms. The molecule has 3 aliphatic rings. The van der Waals surface area contributed by atoms with Crippen molar-refractivity contribution >= 4 is 0 Å². The lowest BCUT2D eigenvalue weighted by molar-refractivity contribution is 0.0634. The van der Waals surface area contributed by atoms with Crippen molar-refractivity contribution in [3.8, 4) is 16.9 Å². The molecule has 0 radical (unpaired) electrons. The van der Waals surface area contributed by atoms with Crippen molar-refractivity contribution < 1.29 is 9.47 Å². The summed E-state index contributed by atoms with van der Waals surface area (Å²) in [5.74, 6) is 1.62. The van der Waals surface area contributed by atoms with Crippen LogP contribution in [0.1, 0.15) is 42.4 Å². The molecule has 1 N–H and O–H groups in total. The normalized spacial score (nSPS) is 20.8. The van der Waals surface area contributed by atoms with Crippen LogP contribution < -0.4 is 15.6 Å². The molecule has 5 rings (SSSR count). The molecule has 0 unspecified atom stereocenters. The largest absolute Gasteiger partial charge is 0.491 e. The molecule has 1 aromatic heterocycles. The number of hydrogen-bond acceptors (Lipinski definition) is 6. The molecule has 2 saturated heterocycles. The second kappa shape index (κ2) is 11.3. The van der Waals surface area contributed by atoms with Crippen molar-refractivity contribution in [3.05, 3.63) is 51.4 Å². The second-order valence-electron chi connectivity index (χ2n) is 11.4. The van der Waals surface area contributed by atoms with E-state index in [2.05, 4.69) is 40.4 Å². The quantitative estimate of drug-likeness (QED) is 0.525. The number of nitrogens with zero attached hydrogens (tertiary/aromatic N) is 3. The zero-order chi connectivity index (χ0) is 26.0. The molecule has 7 heteroatoms. The van der Waals surface area contributed by atoms with Crippen molar-refractivity contribution in [2.75, 3.05) is 66.1 Å². The van der Waals surface area contributed by atoms with Crippen LogP contribution >= 0.6 is 0 Å². The van der Waals surface area contributed by atoms with Crippen LogP contribution in [0.25, 0.3) is 11.1 Å². The van der Waals surface area contributed by atoms with Gasteiger partial charge in [-0.2, -0.15) is 0 Å². The van der Waals surface area contributed by atoms with Gasteiger partial charge in [0.25, 0.3) is 5.56 Å². The van der Waals surface area contributed by atoms with Gasteiger partial charge < -0.3 is 24.3 Å². The molecule has 202 valence electrons. The number of benzene rings is 1.